The van der Waals surface area contributed by atoms with Gasteiger partial charge in [0.15, 0.2) is 30.0 Å². The summed E-state index contributed by atoms with van der Waals surface area (Å²) >= 11 is 0. The number of pyridine rings is 3. The minimum absolute atomic E-state index is 0.349. The van der Waals surface area contributed by atoms with E-state index in [2.05, 4.69) is 114 Å². The van der Waals surface area contributed by atoms with Crippen LogP contribution >= 0.6 is 0 Å². The predicted molar refractivity (Wildman–Crippen MR) is 160 cm³/mol. The Bertz CT molecular complexity index is 2240. The topological polar surface area (TPSA) is 52.1 Å². The molecule has 0 saturated carbocycles. The van der Waals surface area contributed by atoms with Crippen LogP contribution in [0.15, 0.2) is 67.1 Å². The summed E-state index contributed by atoms with van der Waals surface area (Å²) in [5.74, 6) is 1.98. The lowest BCUT2D eigenvalue weighted by Gasteiger charge is -2.25. The van der Waals surface area contributed by atoms with Crippen molar-refractivity contribution < 1.29 is 14.0 Å². The van der Waals surface area contributed by atoms with Crippen molar-refractivity contribution in [1.82, 2.24) is 19.1 Å². The maximum absolute atomic E-state index is 6.74. The van der Waals surface area contributed by atoms with Gasteiger partial charge in [-0.3, -0.25) is 9.97 Å². The molecule has 7 aromatic rings. The summed E-state index contributed by atoms with van der Waals surface area (Å²) in [6, 6.07) is 17.4. The first-order chi connectivity index (χ1) is 19.8. The van der Waals surface area contributed by atoms with Gasteiger partial charge in [0.1, 0.15) is 17.0 Å². The molecule has 0 saturated heterocycles. The van der Waals surface area contributed by atoms with Crippen molar-refractivity contribution >= 4 is 38.5 Å². The van der Waals surface area contributed by atoms with Crippen LogP contribution in [0.4, 0.5) is 0 Å². The standard InChI is InChI=1S/C34H32N6O/c1-19(2)22-11-9-14-27-29(22)31-30(34-38(6)25-12-7-8-13-26(25)40(27)34)23-17-24-32(39-16-10-15-37(39)5)20(3)36-21(4)33(24)41-28(23)18-35-31/h7-16,18-19H,17H2,1-6H3/q+2. The summed E-state index contributed by atoms with van der Waals surface area (Å²) < 4.78 is 15.7. The van der Waals surface area contributed by atoms with Crippen LogP contribution in [0.2, 0.25) is 0 Å². The normalized spacial score (nSPS) is 13.0. The molecule has 7 heteroatoms. The Kier molecular flexibility index (Phi) is 4.91. The number of hydrogen-bond acceptors (Lipinski definition) is 3. The molecule has 0 N–H and O–H groups in total. The molecule has 0 amide bonds. The third-order valence-corrected chi connectivity index (χ3v) is 8.79. The maximum atomic E-state index is 6.74. The first kappa shape index (κ1) is 24.1. The first-order valence-corrected chi connectivity index (χ1v) is 14.2. The zero-order chi connectivity index (χ0) is 28.2. The van der Waals surface area contributed by atoms with Crippen molar-refractivity contribution in [3.05, 3.63) is 95.2 Å². The van der Waals surface area contributed by atoms with Crippen molar-refractivity contribution in [1.29, 1.82) is 0 Å². The smallest absolute Gasteiger partial charge is 0.297 e. The lowest BCUT2D eigenvalue weighted by Crippen LogP contribution is -2.38. The SMILES string of the molecule is Cc1nc(C)c(-n2ccc[n+]2C)c2c1Oc1cnc3c4c(C(C)C)cccc4n4c5ccccc5[n+](C)c4c3c1C2. The number of nitrogens with zero attached hydrogens (tertiary/aromatic N) is 6. The van der Waals surface area contributed by atoms with Crippen molar-refractivity contribution in [3.63, 3.8) is 0 Å². The summed E-state index contributed by atoms with van der Waals surface area (Å²) in [5, 5.41) is 2.35. The zero-order valence-electron chi connectivity index (χ0n) is 24.2. The largest absolute Gasteiger partial charge is 0.453 e. The number of para-hydroxylation sites is 2. The molecule has 41 heavy (non-hydrogen) atoms. The number of imidazole rings is 1. The van der Waals surface area contributed by atoms with Crippen LogP contribution in [0, 0.1) is 13.8 Å². The van der Waals surface area contributed by atoms with Crippen LogP contribution in [-0.2, 0) is 20.5 Å². The molecule has 0 unspecified atom stereocenters. The van der Waals surface area contributed by atoms with Gasteiger partial charge in [0.25, 0.3) is 5.65 Å². The minimum atomic E-state index is 0.349. The predicted octanol–water partition coefficient (Wildman–Crippen LogP) is 6.07. The molecule has 0 fully saturated rings. The average molecular weight is 541 g/mol. The molecule has 0 spiro atoms. The fraction of sp³-hybridized carbons (Fsp3) is 0.235. The van der Waals surface area contributed by atoms with Crippen molar-refractivity contribution in [2.45, 2.75) is 40.0 Å². The molecular weight excluding hydrogens is 508 g/mol. The van der Waals surface area contributed by atoms with E-state index in [0.717, 1.165) is 56.3 Å². The Morgan fingerprint density at radius 1 is 0.902 bits per heavy atom. The van der Waals surface area contributed by atoms with Crippen LogP contribution < -0.4 is 14.0 Å². The molecule has 8 rings (SSSR count). The molecular formula is C34H32N6O+2. The van der Waals surface area contributed by atoms with Gasteiger partial charge in [0, 0.05) is 23.6 Å². The monoisotopic (exact) mass is 540 g/mol. The molecule has 0 bridgehead atoms. The van der Waals surface area contributed by atoms with Crippen molar-refractivity contribution in [3.8, 4) is 17.2 Å². The van der Waals surface area contributed by atoms with Gasteiger partial charge in [-0.05, 0) is 43.5 Å². The first-order valence-electron chi connectivity index (χ1n) is 14.2. The van der Waals surface area contributed by atoms with E-state index in [1.54, 1.807) is 0 Å². The highest BCUT2D eigenvalue weighted by Crippen LogP contribution is 2.46. The Hall–Kier alpha value is -4.78. The average Bonchev–Trinajstić information content (AvgIpc) is 3.52. The van der Waals surface area contributed by atoms with Crippen molar-refractivity contribution in [2.75, 3.05) is 0 Å². The summed E-state index contributed by atoms with van der Waals surface area (Å²) in [5.41, 5.74) is 12.2. The van der Waals surface area contributed by atoms with E-state index in [1.165, 1.54) is 27.5 Å². The molecule has 2 aromatic carbocycles. The van der Waals surface area contributed by atoms with Gasteiger partial charge in [-0.1, -0.05) is 38.1 Å². The van der Waals surface area contributed by atoms with E-state index in [1.807, 2.05) is 13.1 Å². The zero-order valence-corrected chi connectivity index (χ0v) is 24.2. The van der Waals surface area contributed by atoms with Crippen LogP contribution in [-0.4, -0.2) is 19.1 Å². The van der Waals surface area contributed by atoms with Gasteiger partial charge < -0.3 is 4.74 Å². The van der Waals surface area contributed by atoms with E-state index >= 15 is 0 Å². The Balaban J connectivity index is 1.56. The highest BCUT2D eigenvalue weighted by atomic mass is 16.5. The second kappa shape index (κ2) is 8.36. The van der Waals surface area contributed by atoms with Gasteiger partial charge in [-0.15, -0.1) is 9.36 Å². The number of aryl methyl sites for hydroxylation is 4. The van der Waals surface area contributed by atoms with Crippen LogP contribution in [0.3, 0.4) is 0 Å². The van der Waals surface area contributed by atoms with Crippen LogP contribution in [0.5, 0.6) is 11.5 Å². The number of aromatic nitrogens is 6. The van der Waals surface area contributed by atoms with E-state index in [4.69, 9.17) is 14.7 Å². The van der Waals surface area contributed by atoms with E-state index in [9.17, 15) is 0 Å². The number of fused-ring (bicyclic) bond motifs is 11. The van der Waals surface area contributed by atoms with Crippen LogP contribution in [0.1, 0.15) is 47.8 Å². The minimum Gasteiger partial charge on any atom is -0.453 e. The molecule has 6 heterocycles. The lowest BCUT2D eigenvalue weighted by molar-refractivity contribution is -0.744. The van der Waals surface area contributed by atoms with E-state index < -0.39 is 0 Å². The number of ether oxygens (including phenoxy) is 1. The van der Waals surface area contributed by atoms with Gasteiger partial charge >= 0.3 is 0 Å². The molecule has 0 atom stereocenters. The van der Waals surface area contributed by atoms with Crippen molar-refractivity contribution in [2.24, 2.45) is 14.1 Å². The third-order valence-electron chi connectivity index (χ3n) is 8.79. The Morgan fingerprint density at radius 3 is 2.49 bits per heavy atom. The molecule has 0 radical (unpaired) electrons. The highest BCUT2D eigenvalue weighted by Gasteiger charge is 2.33. The van der Waals surface area contributed by atoms with Gasteiger partial charge in [-0.25, -0.2) is 4.57 Å². The van der Waals surface area contributed by atoms with Gasteiger partial charge in [-0.2, -0.15) is 4.40 Å². The van der Waals surface area contributed by atoms with E-state index in [-0.39, 0.29) is 0 Å². The van der Waals surface area contributed by atoms with Gasteiger partial charge in [0.05, 0.1) is 47.1 Å². The molecule has 0 aliphatic carbocycles. The third kappa shape index (κ3) is 3.14. The summed E-state index contributed by atoms with van der Waals surface area (Å²) in [7, 11) is 4.22. The van der Waals surface area contributed by atoms with Gasteiger partial charge in [0.2, 0.25) is 0 Å². The quantitative estimate of drug-likeness (QED) is 0.198. The highest BCUT2D eigenvalue weighted by molar-refractivity contribution is 6.14. The van der Waals surface area contributed by atoms with E-state index in [0.29, 0.717) is 12.3 Å². The molecule has 202 valence electrons. The maximum Gasteiger partial charge on any atom is 0.297 e. The second-order valence-corrected chi connectivity index (χ2v) is 11.6. The summed E-state index contributed by atoms with van der Waals surface area (Å²) in [6.45, 7) is 8.64. The number of rotatable bonds is 2. The molecule has 5 aromatic heterocycles. The molecule has 1 aliphatic rings. The Labute approximate surface area is 237 Å². The Morgan fingerprint density at radius 2 is 1.71 bits per heavy atom. The lowest BCUT2D eigenvalue weighted by atomic mass is 9.92. The number of benzene rings is 2. The molecule has 1 aliphatic heterocycles. The molecule has 7 nitrogen and oxygen atoms in total. The number of hydrogen-bond donors (Lipinski definition) is 0. The summed E-state index contributed by atoms with van der Waals surface area (Å²) in [6.07, 6.45) is 6.77. The summed E-state index contributed by atoms with van der Waals surface area (Å²) in [4.78, 5) is 10.0. The second-order valence-electron chi connectivity index (χ2n) is 11.6. The van der Waals surface area contributed by atoms with Crippen LogP contribution in [0.25, 0.3) is 44.2 Å². The fourth-order valence-corrected chi connectivity index (χ4v) is 6.99. The fourth-order valence-electron chi connectivity index (χ4n) is 6.99.